The first-order valence-electron chi connectivity index (χ1n) is 6.49. The highest BCUT2D eigenvalue weighted by Crippen LogP contribution is 2.30. The van der Waals surface area contributed by atoms with Crippen molar-refractivity contribution < 1.29 is 9.53 Å². The number of hydrogen-bond donors (Lipinski definition) is 2. The van der Waals surface area contributed by atoms with E-state index in [1.165, 1.54) is 0 Å². The molecular formula is C14H21N3O2. The summed E-state index contributed by atoms with van der Waals surface area (Å²) in [7, 11) is 1.58. The summed E-state index contributed by atoms with van der Waals surface area (Å²) in [4.78, 5) is 16.2. The topological polar surface area (TPSA) is 63.2 Å². The quantitative estimate of drug-likeness (QED) is 0.861. The largest absolute Gasteiger partial charge is 0.481 e. The van der Waals surface area contributed by atoms with E-state index in [1.807, 2.05) is 6.07 Å². The van der Waals surface area contributed by atoms with Gasteiger partial charge in [0, 0.05) is 18.5 Å². The van der Waals surface area contributed by atoms with Gasteiger partial charge >= 0.3 is 0 Å². The first kappa shape index (κ1) is 13.6. The molecule has 5 heteroatoms. The average molecular weight is 263 g/mol. The maximum absolute atomic E-state index is 11.9. The standard InChI is InChI=1S/C14H21N3O2/c1-14(2,3)8-9-7-11(18)16-10-5-6-12(19-4)17-13(10)15-9/h5-6,9H,7-8H2,1-4H3,(H,15,17)(H,16,18). The Morgan fingerprint density at radius 3 is 2.79 bits per heavy atom. The van der Waals surface area contributed by atoms with Crippen LogP contribution < -0.4 is 15.4 Å². The van der Waals surface area contributed by atoms with E-state index in [4.69, 9.17) is 4.74 Å². The summed E-state index contributed by atoms with van der Waals surface area (Å²) in [6, 6.07) is 3.64. The third-order valence-electron chi connectivity index (χ3n) is 2.98. The lowest BCUT2D eigenvalue weighted by atomic mass is 9.87. The second-order valence-electron chi connectivity index (χ2n) is 6.11. The normalized spacial score (nSPS) is 18.9. The van der Waals surface area contributed by atoms with Crippen LogP contribution in [0.3, 0.4) is 0 Å². The van der Waals surface area contributed by atoms with Gasteiger partial charge in [0.15, 0.2) is 5.82 Å². The van der Waals surface area contributed by atoms with Gasteiger partial charge < -0.3 is 15.4 Å². The molecule has 0 bridgehead atoms. The average Bonchev–Trinajstić information content (AvgIpc) is 2.43. The number of fused-ring (bicyclic) bond motifs is 1. The van der Waals surface area contributed by atoms with Crippen molar-refractivity contribution in [1.29, 1.82) is 0 Å². The fraction of sp³-hybridized carbons (Fsp3) is 0.571. The lowest BCUT2D eigenvalue weighted by molar-refractivity contribution is -0.116. The smallest absolute Gasteiger partial charge is 0.226 e. The van der Waals surface area contributed by atoms with Crippen LogP contribution in [0, 0.1) is 5.41 Å². The number of carbonyl (C=O) groups is 1. The molecule has 0 radical (unpaired) electrons. The Hall–Kier alpha value is -1.78. The number of carbonyl (C=O) groups excluding carboxylic acids is 1. The zero-order valence-corrected chi connectivity index (χ0v) is 11.9. The molecule has 5 nitrogen and oxygen atoms in total. The summed E-state index contributed by atoms with van der Waals surface area (Å²) in [6.45, 7) is 6.49. The zero-order chi connectivity index (χ0) is 14.0. The maximum atomic E-state index is 11.9. The van der Waals surface area contributed by atoms with E-state index in [2.05, 4.69) is 36.4 Å². The molecule has 19 heavy (non-hydrogen) atoms. The minimum absolute atomic E-state index is 0.0208. The Labute approximate surface area is 113 Å². The molecule has 0 saturated carbocycles. The predicted molar refractivity (Wildman–Crippen MR) is 75.5 cm³/mol. The summed E-state index contributed by atoms with van der Waals surface area (Å²) in [6.07, 6.45) is 1.36. The van der Waals surface area contributed by atoms with Gasteiger partial charge in [-0.1, -0.05) is 20.8 Å². The summed E-state index contributed by atoms with van der Waals surface area (Å²) >= 11 is 0. The van der Waals surface area contributed by atoms with Crippen molar-refractivity contribution in [2.24, 2.45) is 5.41 Å². The number of hydrogen-bond acceptors (Lipinski definition) is 4. The van der Waals surface area contributed by atoms with Gasteiger partial charge in [-0.2, -0.15) is 4.98 Å². The Bertz CT molecular complexity index is 480. The lowest BCUT2D eigenvalue weighted by Crippen LogP contribution is -2.28. The van der Waals surface area contributed by atoms with Gasteiger partial charge in [-0.15, -0.1) is 0 Å². The molecule has 2 N–H and O–H groups in total. The molecule has 0 fully saturated rings. The van der Waals surface area contributed by atoms with Crippen LogP contribution in [-0.4, -0.2) is 24.0 Å². The monoisotopic (exact) mass is 263 g/mol. The molecule has 1 amide bonds. The number of methoxy groups -OCH3 is 1. The molecule has 1 unspecified atom stereocenters. The third-order valence-corrected chi connectivity index (χ3v) is 2.98. The van der Waals surface area contributed by atoms with E-state index in [0.29, 0.717) is 23.8 Å². The number of nitrogens with zero attached hydrogens (tertiary/aromatic N) is 1. The number of amides is 1. The highest BCUT2D eigenvalue weighted by molar-refractivity contribution is 5.95. The van der Waals surface area contributed by atoms with Gasteiger partial charge in [0.05, 0.1) is 12.8 Å². The summed E-state index contributed by atoms with van der Waals surface area (Å²) in [5, 5.41) is 6.22. The van der Waals surface area contributed by atoms with Gasteiger partial charge in [0.2, 0.25) is 11.8 Å². The van der Waals surface area contributed by atoms with Crippen LogP contribution in [0.15, 0.2) is 12.1 Å². The summed E-state index contributed by atoms with van der Waals surface area (Å²) in [5.74, 6) is 1.24. The van der Waals surface area contributed by atoms with E-state index >= 15 is 0 Å². The number of aromatic nitrogens is 1. The van der Waals surface area contributed by atoms with E-state index < -0.39 is 0 Å². The Morgan fingerprint density at radius 1 is 1.42 bits per heavy atom. The number of anilines is 2. The molecule has 0 aliphatic carbocycles. The summed E-state index contributed by atoms with van der Waals surface area (Å²) < 4.78 is 5.12. The van der Waals surface area contributed by atoms with Gasteiger partial charge in [0.25, 0.3) is 0 Å². The lowest BCUT2D eigenvalue weighted by Gasteiger charge is -2.25. The van der Waals surface area contributed by atoms with Crippen LogP contribution in [0.1, 0.15) is 33.6 Å². The van der Waals surface area contributed by atoms with Crippen LogP contribution in [0.4, 0.5) is 11.5 Å². The second kappa shape index (κ2) is 5.07. The summed E-state index contributed by atoms with van der Waals surface area (Å²) in [5.41, 5.74) is 0.864. The van der Waals surface area contributed by atoms with Gasteiger partial charge in [-0.05, 0) is 17.9 Å². The van der Waals surface area contributed by atoms with Crippen molar-refractivity contribution in [3.8, 4) is 5.88 Å². The minimum atomic E-state index is 0.0208. The van der Waals surface area contributed by atoms with Crippen molar-refractivity contribution >= 4 is 17.4 Å². The molecule has 1 aliphatic heterocycles. The molecule has 1 aromatic rings. The van der Waals surface area contributed by atoms with Crippen molar-refractivity contribution in [3.05, 3.63) is 12.1 Å². The molecule has 104 valence electrons. The Morgan fingerprint density at radius 2 is 2.16 bits per heavy atom. The highest BCUT2D eigenvalue weighted by atomic mass is 16.5. The van der Waals surface area contributed by atoms with E-state index in [9.17, 15) is 4.79 Å². The number of pyridine rings is 1. The molecule has 1 atom stereocenters. The molecular weight excluding hydrogens is 242 g/mol. The number of nitrogens with one attached hydrogen (secondary N) is 2. The highest BCUT2D eigenvalue weighted by Gasteiger charge is 2.25. The van der Waals surface area contributed by atoms with Crippen LogP contribution in [0.25, 0.3) is 0 Å². The van der Waals surface area contributed by atoms with Crippen molar-refractivity contribution in [3.63, 3.8) is 0 Å². The molecule has 2 rings (SSSR count). The van der Waals surface area contributed by atoms with Crippen molar-refractivity contribution in [2.45, 2.75) is 39.7 Å². The van der Waals surface area contributed by atoms with Gasteiger partial charge in [0.1, 0.15) is 0 Å². The molecule has 1 aromatic heterocycles. The Kier molecular flexibility index (Phi) is 3.64. The van der Waals surface area contributed by atoms with E-state index in [0.717, 1.165) is 6.42 Å². The van der Waals surface area contributed by atoms with Crippen molar-refractivity contribution in [1.82, 2.24) is 4.98 Å². The molecule has 0 aromatic carbocycles. The van der Waals surface area contributed by atoms with Crippen LogP contribution in [0.2, 0.25) is 0 Å². The first-order valence-corrected chi connectivity index (χ1v) is 6.49. The molecule has 2 heterocycles. The number of rotatable bonds is 2. The van der Waals surface area contributed by atoms with Gasteiger partial charge in [-0.3, -0.25) is 4.79 Å². The molecule has 1 aliphatic rings. The van der Waals surface area contributed by atoms with Crippen LogP contribution >= 0.6 is 0 Å². The van der Waals surface area contributed by atoms with Crippen LogP contribution in [0.5, 0.6) is 5.88 Å². The Balaban J connectivity index is 2.26. The third kappa shape index (κ3) is 3.59. The predicted octanol–water partition coefficient (Wildman–Crippen LogP) is 2.65. The number of ether oxygens (including phenoxy) is 1. The van der Waals surface area contributed by atoms with Crippen molar-refractivity contribution in [2.75, 3.05) is 17.7 Å². The van der Waals surface area contributed by atoms with E-state index in [-0.39, 0.29) is 17.4 Å². The molecule has 0 spiro atoms. The SMILES string of the molecule is COc1ccc2c(n1)NC(CC(C)(C)C)CC(=O)N2. The minimum Gasteiger partial charge on any atom is -0.481 e. The zero-order valence-electron chi connectivity index (χ0n) is 11.9. The first-order chi connectivity index (χ1) is 8.87. The maximum Gasteiger partial charge on any atom is 0.226 e. The van der Waals surface area contributed by atoms with Crippen LogP contribution in [-0.2, 0) is 4.79 Å². The van der Waals surface area contributed by atoms with E-state index in [1.54, 1.807) is 13.2 Å². The molecule has 0 saturated heterocycles. The fourth-order valence-corrected chi connectivity index (χ4v) is 2.30. The second-order valence-corrected chi connectivity index (χ2v) is 6.11. The van der Waals surface area contributed by atoms with Gasteiger partial charge in [-0.25, -0.2) is 0 Å². The fourth-order valence-electron chi connectivity index (χ4n) is 2.30.